The molecule has 1 amide bonds. The minimum Gasteiger partial charge on any atom is -0.486 e. The summed E-state index contributed by atoms with van der Waals surface area (Å²) in [5.41, 5.74) is 1.00. The fourth-order valence-electron chi connectivity index (χ4n) is 3.32. The van der Waals surface area contributed by atoms with Gasteiger partial charge in [-0.2, -0.15) is 0 Å². The van der Waals surface area contributed by atoms with E-state index >= 15 is 0 Å². The Morgan fingerprint density at radius 3 is 2.44 bits per heavy atom. The Labute approximate surface area is 182 Å². The Morgan fingerprint density at radius 1 is 1.00 bits per heavy atom. The first-order valence-electron chi connectivity index (χ1n) is 9.90. The smallest absolute Gasteiger partial charge is 0.486 e. The Hall–Kier alpha value is -3.46. The molecule has 0 spiro atoms. The lowest BCUT2D eigenvalue weighted by atomic mass is 10.1. The van der Waals surface area contributed by atoms with Crippen molar-refractivity contribution in [3.05, 3.63) is 83.8 Å². The summed E-state index contributed by atoms with van der Waals surface area (Å²) in [5, 5.41) is 0. The zero-order valence-corrected chi connectivity index (χ0v) is 16.9. The number of rotatable bonds is 6. The molecule has 3 aromatic rings. The summed E-state index contributed by atoms with van der Waals surface area (Å²) in [5.74, 6) is 0.356. The van der Waals surface area contributed by atoms with E-state index in [1.165, 1.54) is 12.1 Å². The van der Waals surface area contributed by atoms with Crippen molar-refractivity contribution >= 4 is 5.91 Å². The predicted molar refractivity (Wildman–Crippen MR) is 107 cm³/mol. The van der Waals surface area contributed by atoms with E-state index in [4.69, 9.17) is 13.9 Å². The second-order valence-corrected chi connectivity index (χ2v) is 7.10. The van der Waals surface area contributed by atoms with Crippen LogP contribution in [0.25, 0.3) is 0 Å². The third-order valence-electron chi connectivity index (χ3n) is 4.84. The average molecular weight is 447 g/mol. The van der Waals surface area contributed by atoms with Gasteiger partial charge in [0.2, 0.25) is 0 Å². The molecule has 32 heavy (non-hydrogen) atoms. The summed E-state index contributed by atoms with van der Waals surface area (Å²) in [6.07, 6.45) is -4.95. The predicted octanol–water partition coefficient (Wildman–Crippen LogP) is 4.97. The van der Waals surface area contributed by atoms with E-state index in [0.29, 0.717) is 31.2 Å². The van der Waals surface area contributed by atoms with Gasteiger partial charge in [-0.3, -0.25) is 4.79 Å². The number of ether oxygens (including phenoxy) is 3. The van der Waals surface area contributed by atoms with Gasteiger partial charge in [-0.15, -0.1) is 13.2 Å². The van der Waals surface area contributed by atoms with Crippen LogP contribution in [-0.4, -0.2) is 36.9 Å². The maximum atomic E-state index is 12.8. The van der Waals surface area contributed by atoms with Gasteiger partial charge in [0.05, 0.1) is 13.2 Å². The van der Waals surface area contributed by atoms with Crippen LogP contribution in [0.15, 0.2) is 71.1 Å². The Kier molecular flexibility index (Phi) is 6.36. The highest BCUT2D eigenvalue weighted by molar-refractivity contribution is 5.91. The van der Waals surface area contributed by atoms with Crippen LogP contribution >= 0.6 is 0 Å². The number of furan rings is 1. The number of halogens is 3. The van der Waals surface area contributed by atoms with Gasteiger partial charge in [0.15, 0.2) is 5.76 Å². The van der Waals surface area contributed by atoms with Crippen LogP contribution in [0, 0.1) is 0 Å². The number of benzene rings is 2. The van der Waals surface area contributed by atoms with Gasteiger partial charge in [-0.1, -0.05) is 30.3 Å². The van der Waals surface area contributed by atoms with Crippen molar-refractivity contribution in [1.82, 2.24) is 4.90 Å². The molecular weight excluding hydrogens is 427 g/mol. The maximum Gasteiger partial charge on any atom is 0.573 e. The summed E-state index contributed by atoms with van der Waals surface area (Å²) >= 11 is 0. The van der Waals surface area contributed by atoms with Gasteiger partial charge in [0, 0.05) is 6.54 Å². The molecule has 4 rings (SSSR count). The number of nitrogens with zero attached hydrogens (tertiary/aromatic N) is 1. The topological polar surface area (TPSA) is 61.1 Å². The summed E-state index contributed by atoms with van der Waals surface area (Å²) in [4.78, 5) is 14.5. The molecule has 0 bridgehead atoms. The number of amides is 1. The number of alkyl halides is 3. The molecule has 9 heteroatoms. The van der Waals surface area contributed by atoms with Crippen LogP contribution in [0.4, 0.5) is 13.2 Å². The monoisotopic (exact) mass is 447 g/mol. The molecule has 1 unspecified atom stereocenters. The highest BCUT2D eigenvalue weighted by atomic mass is 19.4. The van der Waals surface area contributed by atoms with Crippen molar-refractivity contribution in [2.24, 2.45) is 0 Å². The molecular formula is C23H20F3NO5. The molecule has 0 N–H and O–H groups in total. The third-order valence-corrected chi connectivity index (χ3v) is 4.84. The largest absolute Gasteiger partial charge is 0.573 e. The maximum absolute atomic E-state index is 12.8. The third kappa shape index (κ3) is 5.61. The normalized spacial score (nSPS) is 16.6. The van der Waals surface area contributed by atoms with E-state index in [9.17, 15) is 18.0 Å². The molecule has 1 aliphatic rings. The molecule has 1 aliphatic heterocycles. The summed E-state index contributed by atoms with van der Waals surface area (Å²) in [7, 11) is 0. The van der Waals surface area contributed by atoms with E-state index < -0.39 is 6.36 Å². The van der Waals surface area contributed by atoms with Crippen LogP contribution < -0.4 is 9.47 Å². The molecule has 0 saturated carbocycles. The molecule has 1 aromatic heterocycles. The van der Waals surface area contributed by atoms with Gasteiger partial charge in [0.1, 0.15) is 30.0 Å². The minimum absolute atomic E-state index is 0.0164. The zero-order valence-electron chi connectivity index (χ0n) is 16.9. The highest BCUT2D eigenvalue weighted by Crippen LogP contribution is 2.26. The summed E-state index contributed by atoms with van der Waals surface area (Å²) in [6.45, 7) is 1.32. The van der Waals surface area contributed by atoms with Crippen molar-refractivity contribution in [3.63, 3.8) is 0 Å². The van der Waals surface area contributed by atoms with Crippen molar-refractivity contribution < 1.29 is 36.6 Å². The van der Waals surface area contributed by atoms with Gasteiger partial charge in [-0.05, 0) is 42.0 Å². The number of morpholine rings is 1. The fraction of sp³-hybridized carbons (Fsp3) is 0.261. The lowest BCUT2D eigenvalue weighted by molar-refractivity contribution is -0.274. The van der Waals surface area contributed by atoms with Gasteiger partial charge in [0.25, 0.3) is 5.91 Å². The molecule has 0 aliphatic carbocycles. The molecule has 1 atom stereocenters. The van der Waals surface area contributed by atoms with Crippen molar-refractivity contribution in [2.45, 2.75) is 19.1 Å². The minimum atomic E-state index is -4.75. The molecule has 2 aromatic carbocycles. The second kappa shape index (κ2) is 9.35. The first-order valence-corrected chi connectivity index (χ1v) is 9.90. The van der Waals surface area contributed by atoms with Crippen LogP contribution in [0.5, 0.6) is 11.5 Å². The number of hydrogen-bond acceptors (Lipinski definition) is 5. The zero-order chi connectivity index (χ0) is 22.6. The van der Waals surface area contributed by atoms with E-state index in [1.54, 1.807) is 17.0 Å². The summed E-state index contributed by atoms with van der Waals surface area (Å²) < 4.78 is 57.4. The second-order valence-electron chi connectivity index (χ2n) is 7.10. The molecule has 0 radical (unpaired) electrons. The van der Waals surface area contributed by atoms with Crippen molar-refractivity contribution in [1.29, 1.82) is 0 Å². The standard InChI is InChI=1S/C23H20F3NO5/c24-23(25,26)32-18-8-6-17(7-9-18)30-15-19-10-11-20(31-19)22(28)27-12-13-29-21(14-27)16-4-2-1-3-5-16/h1-11,21H,12-15H2. The van der Waals surface area contributed by atoms with Crippen LogP contribution in [0.2, 0.25) is 0 Å². The first kappa shape index (κ1) is 21.8. The number of carbonyl (C=O) groups is 1. The summed E-state index contributed by atoms with van der Waals surface area (Å²) in [6, 6.07) is 17.9. The average Bonchev–Trinajstić information content (AvgIpc) is 3.27. The van der Waals surface area contributed by atoms with Crippen molar-refractivity contribution in [3.8, 4) is 11.5 Å². The van der Waals surface area contributed by atoms with Gasteiger partial charge < -0.3 is 23.5 Å². The van der Waals surface area contributed by atoms with E-state index in [0.717, 1.165) is 17.7 Å². The highest BCUT2D eigenvalue weighted by Gasteiger charge is 2.31. The van der Waals surface area contributed by atoms with Crippen LogP contribution in [0.3, 0.4) is 0 Å². The van der Waals surface area contributed by atoms with Crippen molar-refractivity contribution in [2.75, 3.05) is 19.7 Å². The lowest BCUT2D eigenvalue weighted by Gasteiger charge is -2.32. The SMILES string of the molecule is O=C(c1ccc(COc2ccc(OC(F)(F)F)cc2)o1)N1CCOC(c2ccccc2)C1. The Balaban J connectivity index is 1.33. The quantitative estimate of drug-likeness (QED) is 0.534. The number of carbonyl (C=O) groups excluding carboxylic acids is 1. The van der Waals surface area contributed by atoms with Crippen LogP contribution in [-0.2, 0) is 11.3 Å². The van der Waals surface area contributed by atoms with E-state index in [-0.39, 0.29) is 30.1 Å². The Bertz CT molecular complexity index is 1030. The fourth-order valence-corrected chi connectivity index (χ4v) is 3.32. The van der Waals surface area contributed by atoms with E-state index in [2.05, 4.69) is 4.74 Å². The number of hydrogen-bond donors (Lipinski definition) is 0. The molecule has 168 valence electrons. The molecule has 6 nitrogen and oxygen atoms in total. The van der Waals surface area contributed by atoms with Crippen LogP contribution in [0.1, 0.15) is 28.0 Å². The first-order chi connectivity index (χ1) is 15.4. The molecule has 1 saturated heterocycles. The lowest BCUT2D eigenvalue weighted by Crippen LogP contribution is -2.42. The van der Waals surface area contributed by atoms with Gasteiger partial charge >= 0.3 is 6.36 Å². The van der Waals surface area contributed by atoms with Gasteiger partial charge in [-0.25, -0.2) is 0 Å². The van der Waals surface area contributed by atoms with E-state index in [1.807, 2.05) is 30.3 Å². The molecule has 2 heterocycles. The Morgan fingerprint density at radius 2 is 1.72 bits per heavy atom. The molecule has 1 fully saturated rings.